The summed E-state index contributed by atoms with van der Waals surface area (Å²) < 4.78 is 0. The fourth-order valence-corrected chi connectivity index (χ4v) is 2.13. The van der Waals surface area contributed by atoms with Crippen molar-refractivity contribution in [2.75, 3.05) is 6.54 Å². The van der Waals surface area contributed by atoms with Crippen LogP contribution in [0.3, 0.4) is 0 Å². The van der Waals surface area contributed by atoms with E-state index in [1.807, 2.05) is 19.1 Å². The first-order valence-corrected chi connectivity index (χ1v) is 6.95. The minimum absolute atomic E-state index is 0.436. The Kier molecular flexibility index (Phi) is 5.93. The van der Waals surface area contributed by atoms with Crippen LogP contribution in [0.15, 0.2) is 18.2 Å². The summed E-state index contributed by atoms with van der Waals surface area (Å²) in [6.07, 6.45) is 1.27. The zero-order valence-corrected chi connectivity index (χ0v) is 12.6. The number of halogens is 2. The molecule has 0 heterocycles. The van der Waals surface area contributed by atoms with Crippen molar-refractivity contribution in [1.82, 2.24) is 5.32 Å². The summed E-state index contributed by atoms with van der Waals surface area (Å²) in [7, 11) is 0. The Hall–Kier alpha value is -0.280. The number of hydrogen-bond donors (Lipinski definition) is 2. The normalized spacial score (nSPS) is 14.8. The molecule has 1 atom stereocenters. The first kappa shape index (κ1) is 15.8. The van der Waals surface area contributed by atoms with E-state index in [1.165, 1.54) is 0 Å². The van der Waals surface area contributed by atoms with Gasteiger partial charge in [0, 0.05) is 12.5 Å². The molecule has 1 unspecified atom stereocenters. The van der Waals surface area contributed by atoms with Crippen molar-refractivity contribution in [3.63, 3.8) is 0 Å². The van der Waals surface area contributed by atoms with Crippen LogP contribution in [-0.4, -0.2) is 23.3 Å². The Morgan fingerprint density at radius 3 is 2.50 bits per heavy atom. The standard InChI is InChI=1S/C14H21Cl2NO/c1-10(2)17-7-6-14(3,18)9-11-4-5-12(15)13(16)8-11/h4-5,8,10,17-18H,6-7,9H2,1-3H3. The number of aliphatic hydroxyl groups is 1. The van der Waals surface area contributed by atoms with Gasteiger partial charge in [0.15, 0.2) is 0 Å². The average molecular weight is 290 g/mol. The second-order valence-electron chi connectivity index (χ2n) is 5.28. The van der Waals surface area contributed by atoms with Crippen LogP contribution in [0, 0.1) is 0 Å². The van der Waals surface area contributed by atoms with Gasteiger partial charge in [0.05, 0.1) is 15.6 Å². The fraction of sp³-hybridized carbons (Fsp3) is 0.571. The van der Waals surface area contributed by atoms with Gasteiger partial charge in [0.1, 0.15) is 0 Å². The van der Waals surface area contributed by atoms with Crippen LogP contribution >= 0.6 is 23.2 Å². The van der Waals surface area contributed by atoms with Crippen LogP contribution < -0.4 is 5.32 Å². The van der Waals surface area contributed by atoms with Crippen LogP contribution in [0.2, 0.25) is 10.0 Å². The Morgan fingerprint density at radius 1 is 1.28 bits per heavy atom. The molecular formula is C14H21Cl2NO. The van der Waals surface area contributed by atoms with Gasteiger partial charge in [-0.1, -0.05) is 43.1 Å². The minimum Gasteiger partial charge on any atom is -0.390 e. The average Bonchev–Trinajstić information content (AvgIpc) is 2.22. The first-order chi connectivity index (χ1) is 8.30. The summed E-state index contributed by atoms with van der Waals surface area (Å²) in [5, 5.41) is 14.7. The summed E-state index contributed by atoms with van der Waals surface area (Å²) in [4.78, 5) is 0. The highest BCUT2D eigenvalue weighted by Gasteiger charge is 2.20. The molecule has 102 valence electrons. The number of nitrogens with one attached hydrogen (secondary N) is 1. The maximum absolute atomic E-state index is 10.3. The van der Waals surface area contributed by atoms with Gasteiger partial charge in [0.2, 0.25) is 0 Å². The minimum atomic E-state index is -0.737. The molecule has 0 aliphatic carbocycles. The molecule has 0 fully saturated rings. The lowest BCUT2D eigenvalue weighted by atomic mass is 9.93. The Labute approximate surface area is 119 Å². The third kappa shape index (κ3) is 5.57. The topological polar surface area (TPSA) is 32.3 Å². The van der Waals surface area contributed by atoms with Crippen LogP contribution in [0.5, 0.6) is 0 Å². The molecule has 0 aliphatic heterocycles. The van der Waals surface area contributed by atoms with E-state index in [-0.39, 0.29) is 0 Å². The van der Waals surface area contributed by atoms with E-state index in [9.17, 15) is 5.11 Å². The van der Waals surface area contributed by atoms with Crippen molar-refractivity contribution in [2.24, 2.45) is 0 Å². The molecule has 18 heavy (non-hydrogen) atoms. The molecule has 0 aromatic heterocycles. The van der Waals surface area contributed by atoms with Crippen molar-refractivity contribution >= 4 is 23.2 Å². The monoisotopic (exact) mass is 289 g/mol. The van der Waals surface area contributed by atoms with Crippen molar-refractivity contribution in [3.8, 4) is 0 Å². The first-order valence-electron chi connectivity index (χ1n) is 6.20. The predicted octanol–water partition coefficient (Wildman–Crippen LogP) is 3.68. The van der Waals surface area contributed by atoms with Crippen LogP contribution in [0.25, 0.3) is 0 Å². The van der Waals surface area contributed by atoms with Gasteiger partial charge in [-0.25, -0.2) is 0 Å². The molecule has 0 radical (unpaired) electrons. The predicted molar refractivity (Wildman–Crippen MR) is 78.5 cm³/mol. The van der Waals surface area contributed by atoms with Gasteiger partial charge in [0.25, 0.3) is 0 Å². The van der Waals surface area contributed by atoms with Crippen molar-refractivity contribution < 1.29 is 5.11 Å². The molecule has 1 rings (SSSR count). The SMILES string of the molecule is CC(C)NCCC(C)(O)Cc1ccc(Cl)c(Cl)c1. The summed E-state index contributed by atoms with van der Waals surface area (Å²) in [5.74, 6) is 0. The van der Waals surface area contributed by atoms with Gasteiger partial charge >= 0.3 is 0 Å². The number of rotatable bonds is 6. The second-order valence-corrected chi connectivity index (χ2v) is 6.10. The fourth-order valence-electron chi connectivity index (χ4n) is 1.81. The van der Waals surface area contributed by atoms with Gasteiger partial charge < -0.3 is 10.4 Å². The lowest BCUT2D eigenvalue weighted by Crippen LogP contribution is -2.34. The van der Waals surface area contributed by atoms with E-state index in [0.29, 0.717) is 28.9 Å². The van der Waals surface area contributed by atoms with Crippen molar-refractivity contribution in [3.05, 3.63) is 33.8 Å². The number of benzene rings is 1. The molecule has 0 saturated carbocycles. The Bertz CT molecular complexity index is 391. The quantitative estimate of drug-likeness (QED) is 0.837. The molecule has 0 amide bonds. The summed E-state index contributed by atoms with van der Waals surface area (Å²) in [5.41, 5.74) is 0.262. The van der Waals surface area contributed by atoms with Gasteiger partial charge in [-0.3, -0.25) is 0 Å². The smallest absolute Gasteiger partial charge is 0.0672 e. The maximum atomic E-state index is 10.3. The highest BCUT2D eigenvalue weighted by atomic mass is 35.5. The highest BCUT2D eigenvalue weighted by Crippen LogP contribution is 2.25. The molecular weight excluding hydrogens is 269 g/mol. The Morgan fingerprint density at radius 2 is 1.94 bits per heavy atom. The molecule has 1 aromatic rings. The van der Waals surface area contributed by atoms with E-state index in [0.717, 1.165) is 12.1 Å². The lowest BCUT2D eigenvalue weighted by Gasteiger charge is -2.24. The maximum Gasteiger partial charge on any atom is 0.0672 e. The molecule has 2 nitrogen and oxygen atoms in total. The van der Waals surface area contributed by atoms with Crippen molar-refractivity contribution in [2.45, 2.75) is 45.3 Å². The van der Waals surface area contributed by atoms with E-state index in [2.05, 4.69) is 19.2 Å². The second kappa shape index (κ2) is 6.76. The van der Waals surface area contributed by atoms with Crippen LogP contribution in [0.4, 0.5) is 0 Å². The molecule has 0 saturated heterocycles. The molecule has 4 heteroatoms. The van der Waals surface area contributed by atoms with E-state index in [4.69, 9.17) is 23.2 Å². The van der Waals surface area contributed by atoms with E-state index < -0.39 is 5.60 Å². The van der Waals surface area contributed by atoms with E-state index in [1.54, 1.807) is 6.07 Å². The van der Waals surface area contributed by atoms with Gasteiger partial charge in [-0.05, 0) is 37.6 Å². The zero-order chi connectivity index (χ0) is 13.8. The van der Waals surface area contributed by atoms with E-state index >= 15 is 0 Å². The summed E-state index contributed by atoms with van der Waals surface area (Å²) in [6, 6.07) is 5.92. The summed E-state index contributed by atoms with van der Waals surface area (Å²) >= 11 is 11.8. The van der Waals surface area contributed by atoms with Gasteiger partial charge in [-0.15, -0.1) is 0 Å². The lowest BCUT2D eigenvalue weighted by molar-refractivity contribution is 0.0511. The Balaban J connectivity index is 2.55. The molecule has 2 N–H and O–H groups in total. The zero-order valence-electron chi connectivity index (χ0n) is 11.1. The molecule has 0 aliphatic rings. The van der Waals surface area contributed by atoms with Crippen LogP contribution in [0.1, 0.15) is 32.8 Å². The molecule has 0 bridgehead atoms. The molecule has 0 spiro atoms. The van der Waals surface area contributed by atoms with Crippen LogP contribution in [-0.2, 0) is 6.42 Å². The molecule has 1 aromatic carbocycles. The third-order valence-electron chi connectivity index (χ3n) is 2.79. The highest BCUT2D eigenvalue weighted by molar-refractivity contribution is 6.42. The van der Waals surface area contributed by atoms with Gasteiger partial charge in [-0.2, -0.15) is 0 Å². The largest absolute Gasteiger partial charge is 0.390 e. The summed E-state index contributed by atoms with van der Waals surface area (Å²) in [6.45, 7) is 6.82. The number of hydrogen-bond acceptors (Lipinski definition) is 2. The van der Waals surface area contributed by atoms with Crippen molar-refractivity contribution in [1.29, 1.82) is 0 Å². The third-order valence-corrected chi connectivity index (χ3v) is 3.52.